The van der Waals surface area contributed by atoms with Crippen LogP contribution in [-0.2, 0) is 0 Å². The smallest absolute Gasteiger partial charge is 0.239 e. The van der Waals surface area contributed by atoms with Gasteiger partial charge in [-0.05, 0) is 19.1 Å². The maximum absolute atomic E-state index is 5.24. The molecule has 3 heterocycles. The maximum atomic E-state index is 5.24. The normalized spacial score (nSPS) is 10.8. The number of methoxy groups -OCH3 is 1. The maximum Gasteiger partial charge on any atom is 0.239 e. The first-order valence-corrected chi connectivity index (χ1v) is 5.47. The Hall–Kier alpha value is -2.50. The first-order valence-electron chi connectivity index (χ1n) is 5.47. The molecule has 0 unspecified atom stereocenters. The van der Waals surface area contributed by atoms with E-state index in [2.05, 4.69) is 20.1 Å². The van der Waals surface area contributed by atoms with Gasteiger partial charge in [-0.3, -0.25) is 0 Å². The quantitative estimate of drug-likeness (QED) is 0.680. The van der Waals surface area contributed by atoms with E-state index in [4.69, 9.17) is 4.74 Å². The molecule has 0 bridgehead atoms. The summed E-state index contributed by atoms with van der Waals surface area (Å²) in [4.78, 5) is 12.7. The molecule has 3 rings (SSSR count). The second kappa shape index (κ2) is 4.06. The Morgan fingerprint density at radius 3 is 2.78 bits per heavy atom. The summed E-state index contributed by atoms with van der Waals surface area (Å²) in [5.41, 5.74) is 3.05. The van der Waals surface area contributed by atoms with Crippen molar-refractivity contribution in [3.8, 4) is 11.6 Å². The first kappa shape index (κ1) is 10.6. The lowest BCUT2D eigenvalue weighted by Crippen LogP contribution is -2.02. The Morgan fingerprint density at radius 1 is 1.11 bits per heavy atom. The molecular formula is C12H11N5O. The van der Waals surface area contributed by atoms with Gasteiger partial charge >= 0.3 is 0 Å². The van der Waals surface area contributed by atoms with E-state index in [1.807, 2.05) is 19.1 Å². The minimum atomic E-state index is 0.507. The summed E-state index contributed by atoms with van der Waals surface area (Å²) < 4.78 is 6.94. The summed E-state index contributed by atoms with van der Waals surface area (Å²) in [5, 5.41) is 4.44. The van der Waals surface area contributed by atoms with Gasteiger partial charge in [-0.2, -0.15) is 5.10 Å². The molecule has 0 radical (unpaired) electrons. The Kier molecular flexibility index (Phi) is 2.40. The van der Waals surface area contributed by atoms with Gasteiger partial charge in [-0.1, -0.05) is 0 Å². The number of hydrogen-bond donors (Lipinski definition) is 0. The van der Waals surface area contributed by atoms with E-state index < -0.39 is 0 Å². The van der Waals surface area contributed by atoms with Gasteiger partial charge < -0.3 is 4.74 Å². The highest BCUT2D eigenvalue weighted by Crippen LogP contribution is 2.23. The number of pyridine rings is 1. The van der Waals surface area contributed by atoms with Crippen LogP contribution in [0.15, 0.2) is 30.7 Å². The number of aromatic nitrogens is 5. The number of fused-ring (bicyclic) bond motifs is 1. The number of ether oxygens (including phenoxy) is 1. The fraction of sp³-hybridized carbons (Fsp3) is 0.167. The highest BCUT2D eigenvalue weighted by Gasteiger charge is 2.14. The van der Waals surface area contributed by atoms with Crippen molar-refractivity contribution < 1.29 is 4.74 Å². The van der Waals surface area contributed by atoms with Crippen molar-refractivity contribution in [1.82, 2.24) is 24.7 Å². The average Bonchev–Trinajstić information content (AvgIpc) is 2.77. The lowest BCUT2D eigenvalue weighted by atomic mass is 10.4. The molecule has 3 aromatic heterocycles. The van der Waals surface area contributed by atoms with Crippen molar-refractivity contribution in [3.63, 3.8) is 0 Å². The molecule has 0 fully saturated rings. The molecule has 0 aliphatic heterocycles. The van der Waals surface area contributed by atoms with Gasteiger partial charge in [0.1, 0.15) is 11.2 Å². The third-order valence-corrected chi connectivity index (χ3v) is 2.64. The van der Waals surface area contributed by atoms with Crippen molar-refractivity contribution >= 4 is 11.2 Å². The summed E-state index contributed by atoms with van der Waals surface area (Å²) >= 11 is 0. The predicted molar refractivity (Wildman–Crippen MR) is 65.7 cm³/mol. The topological polar surface area (TPSA) is 65.7 Å². The SMILES string of the molecule is COc1ncccc1-n1nc(C)c2nccnc21. The fourth-order valence-corrected chi connectivity index (χ4v) is 1.85. The van der Waals surface area contributed by atoms with Crippen LogP contribution in [0.4, 0.5) is 0 Å². The summed E-state index contributed by atoms with van der Waals surface area (Å²) in [6, 6.07) is 3.71. The Balaban J connectivity index is 2.32. The molecule has 6 heteroatoms. The minimum Gasteiger partial charge on any atom is -0.479 e. The van der Waals surface area contributed by atoms with Gasteiger partial charge in [0.15, 0.2) is 5.65 Å². The molecule has 3 aromatic rings. The summed E-state index contributed by atoms with van der Waals surface area (Å²) in [6.45, 7) is 1.90. The largest absolute Gasteiger partial charge is 0.479 e. The average molecular weight is 241 g/mol. The lowest BCUT2D eigenvalue weighted by molar-refractivity contribution is 0.395. The highest BCUT2D eigenvalue weighted by molar-refractivity contribution is 5.75. The van der Waals surface area contributed by atoms with E-state index in [-0.39, 0.29) is 0 Å². The molecule has 0 saturated carbocycles. The molecule has 0 amide bonds. The zero-order valence-electron chi connectivity index (χ0n) is 10.0. The number of hydrogen-bond acceptors (Lipinski definition) is 5. The molecule has 0 aliphatic rings. The fourth-order valence-electron chi connectivity index (χ4n) is 1.85. The van der Waals surface area contributed by atoms with Gasteiger partial charge in [-0.25, -0.2) is 19.6 Å². The van der Waals surface area contributed by atoms with Crippen LogP contribution in [0.1, 0.15) is 5.69 Å². The summed E-state index contributed by atoms with van der Waals surface area (Å²) in [7, 11) is 1.58. The van der Waals surface area contributed by atoms with Crippen LogP contribution >= 0.6 is 0 Å². The monoisotopic (exact) mass is 241 g/mol. The summed E-state index contributed by atoms with van der Waals surface area (Å²) in [6.07, 6.45) is 4.97. The van der Waals surface area contributed by atoms with Gasteiger partial charge in [0, 0.05) is 18.6 Å². The van der Waals surface area contributed by atoms with Crippen molar-refractivity contribution in [2.24, 2.45) is 0 Å². The van der Waals surface area contributed by atoms with E-state index in [1.165, 1.54) is 0 Å². The van der Waals surface area contributed by atoms with Crippen molar-refractivity contribution in [1.29, 1.82) is 0 Å². The summed E-state index contributed by atoms with van der Waals surface area (Å²) in [5.74, 6) is 0.507. The zero-order valence-corrected chi connectivity index (χ0v) is 10.0. The van der Waals surface area contributed by atoms with Crippen molar-refractivity contribution in [2.75, 3.05) is 7.11 Å². The Labute approximate surface area is 103 Å². The molecule has 0 N–H and O–H groups in total. The molecule has 6 nitrogen and oxygen atoms in total. The molecule has 0 aromatic carbocycles. The van der Waals surface area contributed by atoms with E-state index in [1.54, 1.807) is 30.4 Å². The predicted octanol–water partition coefficient (Wildman–Crippen LogP) is 1.53. The highest BCUT2D eigenvalue weighted by atomic mass is 16.5. The second-order valence-electron chi connectivity index (χ2n) is 3.76. The van der Waals surface area contributed by atoms with Gasteiger partial charge in [0.25, 0.3) is 0 Å². The third-order valence-electron chi connectivity index (χ3n) is 2.64. The molecule has 0 aliphatic carbocycles. The minimum absolute atomic E-state index is 0.507. The van der Waals surface area contributed by atoms with Gasteiger partial charge in [0.2, 0.25) is 5.88 Å². The van der Waals surface area contributed by atoms with E-state index >= 15 is 0 Å². The van der Waals surface area contributed by atoms with Crippen LogP contribution in [0.5, 0.6) is 5.88 Å². The van der Waals surface area contributed by atoms with E-state index in [0.717, 1.165) is 16.9 Å². The molecule has 0 saturated heterocycles. The van der Waals surface area contributed by atoms with Gasteiger partial charge in [-0.15, -0.1) is 0 Å². The third kappa shape index (κ3) is 1.50. The van der Waals surface area contributed by atoms with Crippen LogP contribution in [0.3, 0.4) is 0 Å². The zero-order chi connectivity index (χ0) is 12.5. The lowest BCUT2D eigenvalue weighted by Gasteiger charge is -2.06. The van der Waals surface area contributed by atoms with Crippen LogP contribution in [0.25, 0.3) is 16.9 Å². The van der Waals surface area contributed by atoms with Crippen molar-refractivity contribution in [3.05, 3.63) is 36.4 Å². The standard InChI is InChI=1S/C12H11N5O/c1-8-10-11(14-7-6-13-10)17(16-8)9-4-3-5-15-12(9)18-2/h3-7H,1-2H3. The Bertz CT molecular complexity index is 707. The van der Waals surface area contributed by atoms with E-state index in [9.17, 15) is 0 Å². The Morgan fingerprint density at radius 2 is 1.94 bits per heavy atom. The van der Waals surface area contributed by atoms with Crippen LogP contribution < -0.4 is 4.74 Å². The number of aryl methyl sites for hydroxylation is 1. The van der Waals surface area contributed by atoms with Crippen LogP contribution in [-0.4, -0.2) is 31.8 Å². The van der Waals surface area contributed by atoms with E-state index in [0.29, 0.717) is 11.5 Å². The number of nitrogens with zero attached hydrogens (tertiary/aromatic N) is 5. The molecule has 18 heavy (non-hydrogen) atoms. The molecular weight excluding hydrogens is 230 g/mol. The molecule has 90 valence electrons. The first-order chi connectivity index (χ1) is 8.81. The van der Waals surface area contributed by atoms with Crippen LogP contribution in [0, 0.1) is 6.92 Å². The molecule has 0 atom stereocenters. The number of rotatable bonds is 2. The molecule has 0 spiro atoms. The van der Waals surface area contributed by atoms with Crippen LogP contribution in [0.2, 0.25) is 0 Å². The second-order valence-corrected chi connectivity index (χ2v) is 3.76. The van der Waals surface area contributed by atoms with Crippen molar-refractivity contribution in [2.45, 2.75) is 6.92 Å². The van der Waals surface area contributed by atoms with Gasteiger partial charge in [0.05, 0.1) is 12.8 Å².